The maximum Gasteiger partial charge on any atom is 0.250 e. The molecule has 0 saturated heterocycles. The molecule has 78 valence electrons. The van der Waals surface area contributed by atoms with Crippen molar-refractivity contribution in [1.29, 1.82) is 0 Å². The maximum atomic E-state index is 11.7. The highest BCUT2D eigenvalue weighted by Crippen LogP contribution is 2.21. The number of allylic oxidation sites excluding steroid dienone is 1. The molecule has 0 unspecified atom stereocenters. The summed E-state index contributed by atoms with van der Waals surface area (Å²) in [7, 11) is 1.47. The first-order chi connectivity index (χ1) is 6.34. The van der Waals surface area contributed by atoms with Crippen LogP contribution < -0.4 is 5.73 Å². The predicted molar refractivity (Wildman–Crippen MR) is 54.2 cm³/mol. The van der Waals surface area contributed by atoms with Gasteiger partial charge in [-0.1, -0.05) is 20.8 Å². The van der Waals surface area contributed by atoms with Crippen LogP contribution in [0.25, 0.3) is 4.85 Å². The summed E-state index contributed by atoms with van der Waals surface area (Å²) in [6, 6.07) is 0. The molecule has 0 aromatic heterocycles. The molecule has 2 N–H and O–H groups in total. The van der Waals surface area contributed by atoms with E-state index >= 15 is 0 Å². The largest absolute Gasteiger partial charge is 0.409 e. The fourth-order valence-corrected chi connectivity index (χ4v) is 0.847. The minimum absolute atomic E-state index is 0.0145. The van der Waals surface area contributed by atoms with Gasteiger partial charge in [-0.2, -0.15) is 0 Å². The highest BCUT2D eigenvalue weighted by molar-refractivity contribution is 6.01. The van der Waals surface area contributed by atoms with Gasteiger partial charge in [0, 0.05) is 18.2 Å². The van der Waals surface area contributed by atoms with Crippen LogP contribution in [0, 0.1) is 12.0 Å². The summed E-state index contributed by atoms with van der Waals surface area (Å²) in [4.78, 5) is 14.9. The van der Waals surface area contributed by atoms with E-state index in [1.54, 1.807) is 20.8 Å². The molecule has 4 nitrogen and oxygen atoms in total. The van der Waals surface area contributed by atoms with Gasteiger partial charge in [0.1, 0.15) is 0 Å². The fraction of sp³-hybridized carbons (Fsp3) is 0.600. The van der Waals surface area contributed by atoms with Gasteiger partial charge < -0.3 is 15.3 Å². The second kappa shape index (κ2) is 4.77. The van der Waals surface area contributed by atoms with Crippen LogP contribution in [-0.2, 0) is 9.53 Å². The number of methoxy groups -OCH3 is 1. The molecule has 0 heterocycles. The zero-order valence-corrected chi connectivity index (χ0v) is 9.05. The topological polar surface area (TPSA) is 56.7 Å². The van der Waals surface area contributed by atoms with Gasteiger partial charge >= 0.3 is 0 Å². The van der Waals surface area contributed by atoms with E-state index in [9.17, 15) is 4.79 Å². The van der Waals surface area contributed by atoms with Crippen molar-refractivity contribution in [3.63, 3.8) is 0 Å². The van der Waals surface area contributed by atoms with Gasteiger partial charge in [-0.25, -0.2) is 4.85 Å². The van der Waals surface area contributed by atoms with E-state index in [4.69, 9.17) is 17.0 Å². The Kier molecular flexibility index (Phi) is 4.32. The summed E-state index contributed by atoms with van der Waals surface area (Å²) in [5.41, 5.74) is 5.15. The molecule has 0 rings (SSSR count). The summed E-state index contributed by atoms with van der Waals surface area (Å²) in [5.74, 6) is -0.248. The van der Waals surface area contributed by atoms with Crippen molar-refractivity contribution >= 4 is 5.78 Å². The van der Waals surface area contributed by atoms with E-state index in [0.29, 0.717) is 0 Å². The lowest BCUT2D eigenvalue weighted by molar-refractivity contribution is -0.122. The first-order valence-corrected chi connectivity index (χ1v) is 4.24. The van der Waals surface area contributed by atoms with Crippen LogP contribution in [0.3, 0.4) is 0 Å². The number of hydrogen-bond donors (Lipinski definition) is 1. The van der Waals surface area contributed by atoms with Crippen molar-refractivity contribution in [2.24, 2.45) is 11.1 Å². The van der Waals surface area contributed by atoms with E-state index in [2.05, 4.69) is 4.85 Å². The number of nitrogens with zero attached hydrogens (tertiary/aromatic N) is 1. The summed E-state index contributed by atoms with van der Waals surface area (Å²) in [6.07, 6.45) is 0. The quantitative estimate of drug-likeness (QED) is 0.547. The lowest BCUT2D eigenvalue weighted by Gasteiger charge is -2.16. The molecule has 0 atom stereocenters. The Morgan fingerprint density at radius 2 is 2.00 bits per heavy atom. The first-order valence-electron chi connectivity index (χ1n) is 4.24. The lowest BCUT2D eigenvalue weighted by atomic mass is 9.88. The molecule has 4 heteroatoms. The Hall–Kier alpha value is -1.34. The number of nitrogens with two attached hydrogens (primary N) is 1. The van der Waals surface area contributed by atoms with Crippen LogP contribution in [0.5, 0.6) is 0 Å². The number of ether oxygens (including phenoxy) is 1. The van der Waals surface area contributed by atoms with E-state index < -0.39 is 5.41 Å². The Labute approximate surface area is 84.6 Å². The van der Waals surface area contributed by atoms with Crippen LogP contribution in [0.2, 0.25) is 0 Å². The molecule has 0 aliphatic heterocycles. The smallest absolute Gasteiger partial charge is 0.250 e. The molecule has 0 fully saturated rings. The Bertz CT molecular complexity index is 292. The molecule has 0 bridgehead atoms. The van der Waals surface area contributed by atoms with E-state index in [1.807, 2.05) is 0 Å². The summed E-state index contributed by atoms with van der Waals surface area (Å²) < 4.78 is 4.77. The minimum Gasteiger partial charge on any atom is -0.409 e. The normalized spacial score (nSPS) is 13.1. The summed E-state index contributed by atoms with van der Waals surface area (Å²) in [5, 5.41) is 0. The fourth-order valence-electron chi connectivity index (χ4n) is 0.847. The average Bonchev–Trinajstić information content (AvgIpc) is 2.04. The van der Waals surface area contributed by atoms with E-state index in [-0.39, 0.29) is 23.8 Å². The second-order valence-corrected chi connectivity index (χ2v) is 4.00. The van der Waals surface area contributed by atoms with Crippen LogP contribution in [0.1, 0.15) is 20.8 Å². The Balaban J connectivity index is 5.03. The third-order valence-corrected chi connectivity index (χ3v) is 1.61. The minimum atomic E-state index is -0.585. The van der Waals surface area contributed by atoms with Gasteiger partial charge in [0.15, 0.2) is 5.78 Å². The van der Waals surface area contributed by atoms with Crippen LogP contribution in [0.4, 0.5) is 0 Å². The Morgan fingerprint density at radius 1 is 1.50 bits per heavy atom. The van der Waals surface area contributed by atoms with Gasteiger partial charge in [-0.3, -0.25) is 0 Å². The first kappa shape index (κ1) is 12.7. The molecule has 0 aliphatic rings. The van der Waals surface area contributed by atoms with Gasteiger partial charge in [-0.15, -0.1) is 0 Å². The van der Waals surface area contributed by atoms with Crippen LogP contribution >= 0.6 is 0 Å². The number of ketones is 1. The van der Waals surface area contributed by atoms with Gasteiger partial charge in [0.25, 0.3) is 0 Å². The third-order valence-electron chi connectivity index (χ3n) is 1.61. The van der Waals surface area contributed by atoms with Crippen LogP contribution in [-0.4, -0.2) is 19.5 Å². The molecule has 0 aromatic rings. The highest BCUT2D eigenvalue weighted by Gasteiger charge is 2.27. The summed E-state index contributed by atoms with van der Waals surface area (Å²) in [6.45, 7) is 12.3. The van der Waals surface area contributed by atoms with Crippen molar-refractivity contribution in [2.45, 2.75) is 20.8 Å². The standard InChI is InChI=1S/C10H16N2O2/c1-10(2,3)9(13)8(12-4)7(11)6-14-5/h6,11H2,1-3,5H3/b8-7+. The zero-order chi connectivity index (χ0) is 11.4. The van der Waals surface area contributed by atoms with E-state index in [1.165, 1.54) is 7.11 Å². The molecule has 0 aromatic carbocycles. The molecule has 0 amide bonds. The van der Waals surface area contributed by atoms with Gasteiger partial charge in [-0.05, 0) is 0 Å². The number of hydrogen-bond acceptors (Lipinski definition) is 3. The van der Waals surface area contributed by atoms with Crippen molar-refractivity contribution < 1.29 is 9.53 Å². The SMILES string of the molecule is [C-]#[N+]/C(C(=O)C(C)(C)C)=C(/N)COC. The highest BCUT2D eigenvalue weighted by atomic mass is 16.5. The second-order valence-electron chi connectivity index (χ2n) is 4.00. The molecule has 14 heavy (non-hydrogen) atoms. The van der Waals surface area contributed by atoms with Gasteiger partial charge in [0.2, 0.25) is 5.70 Å². The summed E-state index contributed by atoms with van der Waals surface area (Å²) >= 11 is 0. The van der Waals surface area contributed by atoms with E-state index in [0.717, 1.165) is 0 Å². The molecule has 0 spiro atoms. The monoisotopic (exact) mass is 196 g/mol. The maximum absolute atomic E-state index is 11.7. The number of carbonyl (C=O) groups excluding carboxylic acids is 1. The third kappa shape index (κ3) is 3.19. The van der Waals surface area contributed by atoms with Crippen molar-refractivity contribution in [1.82, 2.24) is 0 Å². The average molecular weight is 196 g/mol. The van der Waals surface area contributed by atoms with Crippen LogP contribution in [0.15, 0.2) is 11.4 Å². The van der Waals surface area contributed by atoms with Crippen molar-refractivity contribution in [3.8, 4) is 0 Å². The lowest BCUT2D eigenvalue weighted by Crippen LogP contribution is -2.24. The van der Waals surface area contributed by atoms with Crippen molar-refractivity contribution in [3.05, 3.63) is 22.8 Å². The number of Topliss-reactive ketones (excluding diaryl/α,β-unsaturated/α-hetero) is 1. The molecular formula is C10H16N2O2. The molecule has 0 radical (unpaired) electrons. The van der Waals surface area contributed by atoms with Crippen molar-refractivity contribution in [2.75, 3.05) is 13.7 Å². The molecular weight excluding hydrogens is 180 g/mol. The number of rotatable bonds is 3. The molecule has 0 saturated carbocycles. The zero-order valence-electron chi connectivity index (χ0n) is 9.05. The Morgan fingerprint density at radius 3 is 2.29 bits per heavy atom. The van der Waals surface area contributed by atoms with Gasteiger partial charge in [0.05, 0.1) is 13.2 Å². The molecule has 0 aliphatic carbocycles. The predicted octanol–water partition coefficient (Wildman–Crippen LogP) is 1.34. The number of carbonyl (C=O) groups is 1.